The van der Waals surface area contributed by atoms with Crippen LogP contribution in [-0.2, 0) is 6.54 Å². The van der Waals surface area contributed by atoms with Crippen molar-refractivity contribution in [1.29, 1.82) is 0 Å². The summed E-state index contributed by atoms with van der Waals surface area (Å²) in [5.74, 6) is 0. The zero-order chi connectivity index (χ0) is 14.5. The van der Waals surface area contributed by atoms with E-state index in [0.29, 0.717) is 12.6 Å². The summed E-state index contributed by atoms with van der Waals surface area (Å²) in [7, 11) is 2.19. The van der Waals surface area contributed by atoms with Gasteiger partial charge in [-0.25, -0.2) is 4.98 Å². The van der Waals surface area contributed by atoms with E-state index in [-0.39, 0.29) is 6.04 Å². The van der Waals surface area contributed by atoms with E-state index in [0.717, 1.165) is 19.6 Å². The molecule has 20 heavy (non-hydrogen) atoms. The number of hydrogen-bond acceptors (Lipinski definition) is 4. The summed E-state index contributed by atoms with van der Waals surface area (Å²) in [5, 5.41) is 0. The summed E-state index contributed by atoms with van der Waals surface area (Å²) in [6.07, 6.45) is 6.50. The molecule has 2 atom stereocenters. The average Bonchev–Trinajstić information content (AvgIpc) is 3.08. The molecular formula is C15H29N5. The number of nitrogens with two attached hydrogens (primary N) is 1. The van der Waals surface area contributed by atoms with Gasteiger partial charge in [-0.05, 0) is 39.9 Å². The van der Waals surface area contributed by atoms with E-state index in [1.807, 2.05) is 12.5 Å². The highest BCUT2D eigenvalue weighted by Gasteiger charge is 2.27. The van der Waals surface area contributed by atoms with E-state index in [9.17, 15) is 0 Å². The predicted molar refractivity (Wildman–Crippen MR) is 82.6 cm³/mol. The molecule has 0 aliphatic carbocycles. The number of rotatable bonds is 7. The maximum atomic E-state index is 6.03. The van der Waals surface area contributed by atoms with Crippen molar-refractivity contribution < 1.29 is 0 Å². The fraction of sp³-hybridized carbons (Fsp3) is 0.800. The van der Waals surface area contributed by atoms with Crippen molar-refractivity contribution in [2.45, 2.75) is 45.3 Å². The minimum atomic E-state index is 0.261. The van der Waals surface area contributed by atoms with Crippen molar-refractivity contribution in [3.8, 4) is 0 Å². The largest absolute Gasteiger partial charge is 0.333 e. The summed E-state index contributed by atoms with van der Waals surface area (Å²) in [6.45, 7) is 9.48. The molecule has 1 aromatic rings. The lowest BCUT2D eigenvalue weighted by Crippen LogP contribution is -2.42. The number of nitrogens with zero attached hydrogens (tertiary/aromatic N) is 4. The second kappa shape index (κ2) is 7.20. The molecule has 0 amide bonds. The van der Waals surface area contributed by atoms with Crippen LogP contribution in [0, 0.1) is 0 Å². The second-order valence-corrected chi connectivity index (χ2v) is 5.72. The highest BCUT2D eigenvalue weighted by molar-refractivity contribution is 5.06. The number of imidazole rings is 1. The minimum Gasteiger partial charge on any atom is -0.333 e. The van der Waals surface area contributed by atoms with Gasteiger partial charge in [0.1, 0.15) is 0 Å². The van der Waals surface area contributed by atoms with Gasteiger partial charge in [0.2, 0.25) is 0 Å². The lowest BCUT2D eigenvalue weighted by atomic mass is 10.1. The number of hydrogen-bond donors (Lipinski definition) is 1. The van der Waals surface area contributed by atoms with Crippen LogP contribution in [0.3, 0.4) is 0 Å². The molecule has 0 saturated carbocycles. The maximum absolute atomic E-state index is 6.03. The first kappa shape index (κ1) is 15.5. The third-order valence-electron chi connectivity index (χ3n) is 4.59. The molecule has 1 saturated heterocycles. The van der Waals surface area contributed by atoms with E-state index >= 15 is 0 Å². The van der Waals surface area contributed by atoms with Crippen molar-refractivity contribution >= 4 is 0 Å². The van der Waals surface area contributed by atoms with Crippen molar-refractivity contribution in [3.05, 3.63) is 18.2 Å². The van der Waals surface area contributed by atoms with Crippen LogP contribution >= 0.6 is 0 Å². The predicted octanol–water partition coefficient (Wildman–Crippen LogP) is 1.32. The fourth-order valence-electron chi connectivity index (χ4n) is 3.38. The third-order valence-corrected chi connectivity index (χ3v) is 4.59. The zero-order valence-corrected chi connectivity index (χ0v) is 13.1. The van der Waals surface area contributed by atoms with Crippen molar-refractivity contribution in [3.63, 3.8) is 0 Å². The summed E-state index contributed by atoms with van der Waals surface area (Å²) >= 11 is 0. The monoisotopic (exact) mass is 279 g/mol. The standard InChI is InChI=1S/C15H29N5/c1-4-19-8-6-7-13(19)11-18(3)14(9-16)15-10-17-12-20(15)5-2/h10,12-14H,4-9,11,16H2,1-3H3. The molecule has 1 fully saturated rings. The number of likely N-dealkylation sites (tertiary alicyclic amines) is 1. The van der Waals surface area contributed by atoms with Gasteiger partial charge in [-0.1, -0.05) is 6.92 Å². The molecule has 2 rings (SSSR count). The van der Waals surface area contributed by atoms with Crippen LogP contribution < -0.4 is 5.73 Å². The topological polar surface area (TPSA) is 50.3 Å². The Morgan fingerprint density at radius 2 is 2.25 bits per heavy atom. The lowest BCUT2D eigenvalue weighted by Gasteiger charge is -2.32. The molecule has 0 spiro atoms. The quantitative estimate of drug-likeness (QED) is 0.818. The van der Waals surface area contributed by atoms with Gasteiger partial charge in [0.05, 0.1) is 18.1 Å². The number of likely N-dealkylation sites (N-methyl/N-ethyl adjacent to an activating group) is 2. The van der Waals surface area contributed by atoms with Crippen LogP contribution in [0.5, 0.6) is 0 Å². The van der Waals surface area contributed by atoms with Gasteiger partial charge in [0, 0.05) is 31.9 Å². The first-order chi connectivity index (χ1) is 9.71. The smallest absolute Gasteiger partial charge is 0.0948 e. The fourth-order valence-corrected chi connectivity index (χ4v) is 3.38. The molecule has 5 nitrogen and oxygen atoms in total. The first-order valence-electron chi connectivity index (χ1n) is 7.85. The Morgan fingerprint density at radius 1 is 1.45 bits per heavy atom. The Morgan fingerprint density at radius 3 is 2.90 bits per heavy atom. The van der Waals surface area contributed by atoms with Gasteiger partial charge in [0.25, 0.3) is 0 Å². The molecule has 1 aliphatic rings. The molecule has 1 aliphatic heterocycles. The van der Waals surface area contributed by atoms with Crippen molar-refractivity contribution in [2.75, 3.05) is 33.2 Å². The van der Waals surface area contributed by atoms with Crippen LogP contribution in [0.25, 0.3) is 0 Å². The van der Waals surface area contributed by atoms with Crippen molar-refractivity contribution in [2.24, 2.45) is 5.73 Å². The Bertz CT molecular complexity index is 403. The van der Waals surface area contributed by atoms with E-state index in [2.05, 4.69) is 40.2 Å². The second-order valence-electron chi connectivity index (χ2n) is 5.72. The Balaban J connectivity index is 2.04. The van der Waals surface area contributed by atoms with E-state index < -0.39 is 0 Å². The van der Waals surface area contributed by atoms with Gasteiger partial charge in [-0.15, -0.1) is 0 Å². The molecule has 5 heteroatoms. The van der Waals surface area contributed by atoms with Crippen LogP contribution in [-0.4, -0.2) is 58.6 Å². The Labute approximate surface area is 122 Å². The molecule has 0 radical (unpaired) electrons. The Kier molecular flexibility index (Phi) is 5.57. The number of aromatic nitrogens is 2. The van der Waals surface area contributed by atoms with Crippen LogP contribution in [0.1, 0.15) is 38.4 Å². The SMILES string of the molecule is CCN1CCCC1CN(C)C(CN)c1cncn1CC. The molecule has 0 aromatic carbocycles. The van der Waals surface area contributed by atoms with Gasteiger partial charge < -0.3 is 10.3 Å². The van der Waals surface area contributed by atoms with Crippen LogP contribution in [0.2, 0.25) is 0 Å². The van der Waals surface area contributed by atoms with Gasteiger partial charge in [-0.3, -0.25) is 9.80 Å². The normalized spacial score (nSPS) is 21.8. The summed E-state index contributed by atoms with van der Waals surface area (Å²) in [6, 6.07) is 0.939. The summed E-state index contributed by atoms with van der Waals surface area (Å²) in [4.78, 5) is 9.27. The highest BCUT2D eigenvalue weighted by atomic mass is 15.2. The van der Waals surface area contributed by atoms with Gasteiger partial charge >= 0.3 is 0 Å². The molecular weight excluding hydrogens is 250 g/mol. The molecule has 2 heterocycles. The van der Waals surface area contributed by atoms with Gasteiger partial charge in [0.15, 0.2) is 0 Å². The molecule has 0 bridgehead atoms. The molecule has 114 valence electrons. The van der Waals surface area contributed by atoms with Crippen LogP contribution in [0.15, 0.2) is 12.5 Å². The zero-order valence-electron chi connectivity index (χ0n) is 13.1. The summed E-state index contributed by atoms with van der Waals surface area (Å²) in [5.41, 5.74) is 7.27. The number of aryl methyl sites for hydroxylation is 1. The molecule has 2 unspecified atom stereocenters. The maximum Gasteiger partial charge on any atom is 0.0948 e. The van der Waals surface area contributed by atoms with E-state index in [4.69, 9.17) is 5.73 Å². The third kappa shape index (κ3) is 3.22. The van der Waals surface area contributed by atoms with Gasteiger partial charge in [-0.2, -0.15) is 0 Å². The Hall–Kier alpha value is -0.910. The first-order valence-corrected chi connectivity index (χ1v) is 7.85. The van der Waals surface area contributed by atoms with Crippen LogP contribution in [0.4, 0.5) is 0 Å². The van der Waals surface area contributed by atoms with Crippen molar-refractivity contribution in [1.82, 2.24) is 19.4 Å². The minimum absolute atomic E-state index is 0.261. The highest BCUT2D eigenvalue weighted by Crippen LogP contribution is 2.23. The average molecular weight is 279 g/mol. The summed E-state index contributed by atoms with van der Waals surface area (Å²) < 4.78 is 2.19. The molecule has 1 aromatic heterocycles. The lowest BCUT2D eigenvalue weighted by molar-refractivity contribution is 0.162. The molecule has 2 N–H and O–H groups in total. The van der Waals surface area contributed by atoms with E-state index in [1.54, 1.807) is 0 Å². The van der Waals surface area contributed by atoms with E-state index in [1.165, 1.54) is 25.1 Å².